The van der Waals surface area contributed by atoms with Crippen molar-refractivity contribution in [3.05, 3.63) is 0 Å². The molecule has 0 radical (unpaired) electrons. The van der Waals surface area contributed by atoms with Gasteiger partial charge in [0.25, 0.3) is 0 Å². The molecule has 0 aromatic carbocycles. The summed E-state index contributed by atoms with van der Waals surface area (Å²) >= 11 is 0. The number of hydrogen-bond donors (Lipinski definition) is 1. The van der Waals surface area contributed by atoms with Crippen LogP contribution in [0.15, 0.2) is 0 Å². The SMILES string of the molecule is CCC[SiH](O)CCC. The maximum Gasteiger partial charge on any atom is 0.172 e. The molecule has 0 aliphatic rings. The molecule has 0 rings (SSSR count). The first-order valence-corrected chi connectivity index (χ1v) is 5.64. The summed E-state index contributed by atoms with van der Waals surface area (Å²) in [5.41, 5.74) is 0. The van der Waals surface area contributed by atoms with Gasteiger partial charge in [-0.05, 0) is 12.1 Å². The molecule has 1 nitrogen and oxygen atoms in total. The predicted octanol–water partition coefficient (Wildman–Crippen LogP) is 1.52. The van der Waals surface area contributed by atoms with E-state index in [1.54, 1.807) is 0 Å². The maximum absolute atomic E-state index is 9.19. The molecule has 0 amide bonds. The van der Waals surface area contributed by atoms with Crippen LogP contribution in [0.1, 0.15) is 26.7 Å². The average Bonchev–Trinajstić information content (AvgIpc) is 1.68. The molecular weight excluding hydrogens is 116 g/mol. The zero-order valence-corrected chi connectivity index (χ0v) is 7.01. The standard InChI is InChI=1S/C6H16OSi/c1-3-5-8(7)6-4-2/h7-8H,3-6H2,1-2H3. The fourth-order valence-corrected chi connectivity index (χ4v) is 2.43. The van der Waals surface area contributed by atoms with Gasteiger partial charge in [-0.1, -0.05) is 26.7 Å². The first-order chi connectivity index (χ1) is 3.81. The van der Waals surface area contributed by atoms with E-state index in [-0.39, 0.29) is 0 Å². The molecule has 0 aromatic rings. The summed E-state index contributed by atoms with van der Waals surface area (Å²) < 4.78 is 0. The average molecular weight is 132 g/mol. The quantitative estimate of drug-likeness (QED) is 0.575. The summed E-state index contributed by atoms with van der Waals surface area (Å²) in [6.07, 6.45) is 2.32. The molecule has 0 unspecified atom stereocenters. The van der Waals surface area contributed by atoms with Crippen LogP contribution in [-0.2, 0) is 0 Å². The Balaban J connectivity index is 2.92. The van der Waals surface area contributed by atoms with Crippen molar-refractivity contribution in [1.29, 1.82) is 0 Å². The topological polar surface area (TPSA) is 20.2 Å². The van der Waals surface area contributed by atoms with Gasteiger partial charge in [0.05, 0.1) is 0 Å². The summed E-state index contributed by atoms with van der Waals surface area (Å²) in [4.78, 5) is 9.19. The summed E-state index contributed by atoms with van der Waals surface area (Å²) in [5, 5.41) is 0. The highest BCUT2D eigenvalue weighted by Gasteiger charge is 2.01. The molecule has 0 aliphatic carbocycles. The predicted molar refractivity (Wildman–Crippen MR) is 39.6 cm³/mol. The van der Waals surface area contributed by atoms with Crippen molar-refractivity contribution in [1.82, 2.24) is 0 Å². The minimum absolute atomic E-state index is 1.10. The Bertz CT molecular complexity index is 41.8. The van der Waals surface area contributed by atoms with E-state index in [0.29, 0.717) is 0 Å². The van der Waals surface area contributed by atoms with E-state index in [2.05, 4.69) is 13.8 Å². The molecule has 0 fully saturated rings. The lowest BCUT2D eigenvalue weighted by atomic mass is 10.6. The molecule has 0 aromatic heterocycles. The van der Waals surface area contributed by atoms with Crippen LogP contribution in [0.25, 0.3) is 0 Å². The van der Waals surface area contributed by atoms with E-state index in [1.807, 2.05) is 0 Å². The molecule has 0 heterocycles. The van der Waals surface area contributed by atoms with Crippen LogP contribution in [0.4, 0.5) is 0 Å². The summed E-state index contributed by atoms with van der Waals surface area (Å²) in [6.45, 7) is 4.26. The van der Waals surface area contributed by atoms with Crippen molar-refractivity contribution in [2.45, 2.75) is 38.8 Å². The second-order valence-electron chi connectivity index (χ2n) is 2.23. The normalized spacial score (nSPS) is 10.5. The maximum atomic E-state index is 9.19. The van der Waals surface area contributed by atoms with Gasteiger partial charge in [-0.2, -0.15) is 0 Å². The zero-order chi connectivity index (χ0) is 6.41. The summed E-state index contributed by atoms with van der Waals surface area (Å²) in [7, 11) is -1.20. The molecule has 8 heavy (non-hydrogen) atoms. The third-order valence-electron chi connectivity index (χ3n) is 1.24. The van der Waals surface area contributed by atoms with Gasteiger partial charge in [0.15, 0.2) is 9.04 Å². The highest BCUT2D eigenvalue weighted by Crippen LogP contribution is 2.01. The lowest BCUT2D eigenvalue weighted by molar-refractivity contribution is 0.561. The van der Waals surface area contributed by atoms with Gasteiger partial charge < -0.3 is 4.80 Å². The van der Waals surface area contributed by atoms with E-state index in [4.69, 9.17) is 0 Å². The summed E-state index contributed by atoms with van der Waals surface area (Å²) in [6, 6.07) is 2.21. The van der Waals surface area contributed by atoms with Gasteiger partial charge in [-0.3, -0.25) is 0 Å². The van der Waals surface area contributed by atoms with E-state index >= 15 is 0 Å². The first kappa shape index (κ1) is 8.18. The van der Waals surface area contributed by atoms with E-state index in [9.17, 15) is 4.80 Å². The molecule has 0 saturated carbocycles. The van der Waals surface area contributed by atoms with Crippen LogP contribution in [0.2, 0.25) is 12.1 Å². The third-order valence-corrected chi connectivity index (χ3v) is 3.73. The smallest absolute Gasteiger partial charge is 0.172 e. The van der Waals surface area contributed by atoms with Crippen LogP contribution in [0.5, 0.6) is 0 Å². The van der Waals surface area contributed by atoms with Gasteiger partial charge in [0.2, 0.25) is 0 Å². The van der Waals surface area contributed by atoms with Crippen LogP contribution < -0.4 is 0 Å². The van der Waals surface area contributed by atoms with Crippen LogP contribution in [0.3, 0.4) is 0 Å². The van der Waals surface area contributed by atoms with Crippen molar-refractivity contribution in [3.8, 4) is 0 Å². The first-order valence-electron chi connectivity index (χ1n) is 3.49. The molecule has 50 valence electrons. The van der Waals surface area contributed by atoms with Crippen molar-refractivity contribution >= 4 is 9.04 Å². The Morgan fingerprint density at radius 1 is 1.12 bits per heavy atom. The van der Waals surface area contributed by atoms with Crippen molar-refractivity contribution in [3.63, 3.8) is 0 Å². The largest absolute Gasteiger partial charge is 0.435 e. The minimum atomic E-state index is -1.20. The Labute approximate surface area is 53.5 Å². The molecule has 0 bridgehead atoms. The Hall–Kier alpha value is 0.177. The number of rotatable bonds is 4. The van der Waals surface area contributed by atoms with Gasteiger partial charge in [-0.25, -0.2) is 0 Å². The fourth-order valence-electron chi connectivity index (χ4n) is 0.811. The van der Waals surface area contributed by atoms with Crippen molar-refractivity contribution in [2.75, 3.05) is 0 Å². The van der Waals surface area contributed by atoms with Crippen molar-refractivity contribution < 1.29 is 4.80 Å². The molecule has 0 atom stereocenters. The summed E-state index contributed by atoms with van der Waals surface area (Å²) in [5.74, 6) is 0. The second-order valence-corrected chi connectivity index (χ2v) is 4.69. The van der Waals surface area contributed by atoms with Gasteiger partial charge in [0.1, 0.15) is 0 Å². The molecule has 0 spiro atoms. The van der Waals surface area contributed by atoms with Gasteiger partial charge >= 0.3 is 0 Å². The van der Waals surface area contributed by atoms with Crippen molar-refractivity contribution in [2.24, 2.45) is 0 Å². The number of hydrogen-bond acceptors (Lipinski definition) is 1. The molecule has 1 N–H and O–H groups in total. The zero-order valence-electron chi connectivity index (χ0n) is 5.85. The monoisotopic (exact) mass is 132 g/mol. The second kappa shape index (κ2) is 5.32. The Morgan fingerprint density at radius 3 is 1.75 bits per heavy atom. The lowest BCUT2D eigenvalue weighted by Gasteiger charge is -2.01. The van der Waals surface area contributed by atoms with E-state index in [1.165, 1.54) is 0 Å². The van der Waals surface area contributed by atoms with E-state index < -0.39 is 9.04 Å². The van der Waals surface area contributed by atoms with Gasteiger partial charge in [-0.15, -0.1) is 0 Å². The highest BCUT2D eigenvalue weighted by molar-refractivity contribution is 6.50. The molecular formula is C6H16OSi. The van der Waals surface area contributed by atoms with Crippen LogP contribution >= 0.6 is 0 Å². The Kier molecular flexibility index (Phi) is 5.43. The van der Waals surface area contributed by atoms with Crippen LogP contribution in [-0.4, -0.2) is 13.8 Å². The third kappa shape index (κ3) is 4.34. The minimum Gasteiger partial charge on any atom is -0.435 e. The molecule has 0 saturated heterocycles. The molecule has 0 aliphatic heterocycles. The van der Waals surface area contributed by atoms with E-state index in [0.717, 1.165) is 24.9 Å². The Morgan fingerprint density at radius 2 is 1.50 bits per heavy atom. The van der Waals surface area contributed by atoms with Crippen LogP contribution in [0, 0.1) is 0 Å². The highest BCUT2D eigenvalue weighted by atomic mass is 28.3. The fraction of sp³-hybridized carbons (Fsp3) is 1.00. The molecule has 2 heteroatoms. The van der Waals surface area contributed by atoms with Gasteiger partial charge in [0, 0.05) is 0 Å². The lowest BCUT2D eigenvalue weighted by Crippen LogP contribution is -2.09.